The number of benzene rings is 1. The number of fused-ring (bicyclic) bond motifs is 1. The summed E-state index contributed by atoms with van der Waals surface area (Å²) < 4.78 is 1.58. The van der Waals surface area contributed by atoms with Crippen LogP contribution >= 0.6 is 34.5 Å². The number of carbonyl (C=O) groups is 1. The maximum atomic E-state index is 12.3. The number of nitrogens with one attached hydrogen (secondary N) is 1. The van der Waals surface area contributed by atoms with E-state index in [2.05, 4.69) is 20.6 Å². The Hall–Kier alpha value is -1.70. The predicted octanol–water partition coefficient (Wildman–Crippen LogP) is 3.87. The molecule has 3 aromatic rings. The first-order valence-corrected chi connectivity index (χ1v) is 8.02. The van der Waals surface area contributed by atoms with E-state index in [-0.39, 0.29) is 16.8 Å². The lowest BCUT2D eigenvalue weighted by atomic mass is 10.2. The van der Waals surface area contributed by atoms with Crippen molar-refractivity contribution in [2.45, 2.75) is 19.8 Å². The predicted molar refractivity (Wildman–Crippen MR) is 87.2 cm³/mol. The molecule has 22 heavy (non-hydrogen) atoms. The van der Waals surface area contributed by atoms with Crippen molar-refractivity contribution < 1.29 is 4.79 Å². The Kier molecular flexibility index (Phi) is 4.03. The standard InChI is InChI=1S/C13H11Cl2N5OS/c1-6(2)10-17-18-13-20(10)19-12(22-13)11(21)16-9-7(14)4-3-5-8(9)15/h3-6H,1-2H3,(H,16,21). The molecule has 9 heteroatoms. The summed E-state index contributed by atoms with van der Waals surface area (Å²) in [5.41, 5.74) is 0.367. The molecule has 0 aliphatic heterocycles. The summed E-state index contributed by atoms with van der Waals surface area (Å²) in [6, 6.07) is 5.01. The number of para-hydroxylation sites is 1. The third kappa shape index (κ3) is 2.67. The second-order valence-electron chi connectivity index (χ2n) is 4.87. The van der Waals surface area contributed by atoms with Crippen LogP contribution in [0.15, 0.2) is 18.2 Å². The van der Waals surface area contributed by atoms with E-state index in [0.717, 1.165) is 11.3 Å². The molecule has 2 heterocycles. The first kappa shape index (κ1) is 15.2. The van der Waals surface area contributed by atoms with Crippen LogP contribution in [0.5, 0.6) is 0 Å². The average molecular weight is 356 g/mol. The Bertz CT molecular complexity index is 837. The van der Waals surface area contributed by atoms with Crippen molar-refractivity contribution >= 4 is 51.1 Å². The Morgan fingerprint density at radius 2 is 1.95 bits per heavy atom. The zero-order chi connectivity index (χ0) is 15.9. The van der Waals surface area contributed by atoms with Crippen molar-refractivity contribution in [3.8, 4) is 0 Å². The van der Waals surface area contributed by atoms with E-state index in [0.29, 0.717) is 26.5 Å². The van der Waals surface area contributed by atoms with Crippen LogP contribution in [0.25, 0.3) is 4.96 Å². The zero-order valence-corrected chi connectivity index (χ0v) is 14.0. The van der Waals surface area contributed by atoms with Crippen LogP contribution in [-0.2, 0) is 0 Å². The Morgan fingerprint density at radius 3 is 2.59 bits per heavy atom. The summed E-state index contributed by atoms with van der Waals surface area (Å²) >= 11 is 13.2. The molecule has 3 rings (SSSR count). The molecule has 0 atom stereocenters. The molecule has 0 aliphatic rings. The summed E-state index contributed by atoms with van der Waals surface area (Å²) in [6.45, 7) is 3.97. The minimum Gasteiger partial charge on any atom is -0.317 e. The maximum Gasteiger partial charge on any atom is 0.286 e. The fraction of sp³-hybridized carbons (Fsp3) is 0.231. The molecule has 0 saturated carbocycles. The van der Waals surface area contributed by atoms with Gasteiger partial charge in [-0.05, 0) is 12.1 Å². The molecule has 1 amide bonds. The highest BCUT2D eigenvalue weighted by Gasteiger charge is 2.19. The van der Waals surface area contributed by atoms with Crippen LogP contribution < -0.4 is 5.32 Å². The lowest BCUT2D eigenvalue weighted by Gasteiger charge is -2.07. The molecule has 0 aliphatic carbocycles. The van der Waals surface area contributed by atoms with Crippen molar-refractivity contribution in [3.63, 3.8) is 0 Å². The highest BCUT2D eigenvalue weighted by atomic mass is 35.5. The molecule has 0 radical (unpaired) electrons. The maximum absolute atomic E-state index is 12.3. The number of halogens is 2. The number of hydrogen-bond acceptors (Lipinski definition) is 5. The van der Waals surface area contributed by atoms with Crippen molar-refractivity contribution in [1.82, 2.24) is 19.8 Å². The van der Waals surface area contributed by atoms with Crippen molar-refractivity contribution in [1.29, 1.82) is 0 Å². The molecule has 0 saturated heterocycles. The third-order valence-corrected chi connectivity index (χ3v) is 4.45. The minimum absolute atomic E-state index is 0.158. The van der Waals surface area contributed by atoms with Crippen LogP contribution in [0.4, 0.5) is 5.69 Å². The van der Waals surface area contributed by atoms with E-state index >= 15 is 0 Å². The molecule has 0 spiro atoms. The highest BCUT2D eigenvalue weighted by molar-refractivity contribution is 7.18. The fourth-order valence-electron chi connectivity index (χ4n) is 1.87. The Balaban J connectivity index is 1.92. The molecule has 0 bridgehead atoms. The number of aromatic nitrogens is 4. The van der Waals surface area contributed by atoms with Crippen LogP contribution in [0.3, 0.4) is 0 Å². The van der Waals surface area contributed by atoms with Crippen molar-refractivity contribution in [2.24, 2.45) is 0 Å². The third-order valence-electron chi connectivity index (χ3n) is 2.93. The van der Waals surface area contributed by atoms with Gasteiger partial charge in [-0.15, -0.1) is 15.3 Å². The number of amides is 1. The number of anilines is 1. The van der Waals surface area contributed by atoms with Gasteiger partial charge in [-0.1, -0.05) is 54.5 Å². The number of carbonyl (C=O) groups excluding carboxylic acids is 1. The lowest BCUT2D eigenvalue weighted by Crippen LogP contribution is -2.13. The van der Waals surface area contributed by atoms with Gasteiger partial charge in [0.05, 0.1) is 15.7 Å². The summed E-state index contributed by atoms with van der Waals surface area (Å²) in [6.07, 6.45) is 0. The molecule has 1 aromatic carbocycles. The van der Waals surface area contributed by atoms with Gasteiger partial charge in [0.2, 0.25) is 9.97 Å². The second-order valence-corrected chi connectivity index (χ2v) is 6.64. The first-order chi connectivity index (χ1) is 10.5. The van der Waals surface area contributed by atoms with E-state index in [4.69, 9.17) is 23.2 Å². The van der Waals surface area contributed by atoms with Crippen LogP contribution in [-0.4, -0.2) is 25.7 Å². The molecule has 1 N–H and O–H groups in total. The largest absolute Gasteiger partial charge is 0.317 e. The van der Waals surface area contributed by atoms with E-state index in [9.17, 15) is 4.79 Å². The zero-order valence-electron chi connectivity index (χ0n) is 11.7. The van der Waals surface area contributed by atoms with E-state index in [1.165, 1.54) is 0 Å². The van der Waals surface area contributed by atoms with Gasteiger partial charge in [-0.3, -0.25) is 4.79 Å². The summed E-state index contributed by atoms with van der Waals surface area (Å²) in [5, 5.41) is 16.0. The number of rotatable bonds is 3. The van der Waals surface area contributed by atoms with Crippen LogP contribution in [0, 0.1) is 0 Å². The quantitative estimate of drug-likeness (QED) is 0.773. The summed E-state index contributed by atoms with van der Waals surface area (Å²) in [7, 11) is 0. The van der Waals surface area contributed by atoms with Gasteiger partial charge < -0.3 is 5.32 Å². The smallest absolute Gasteiger partial charge is 0.286 e. The topological polar surface area (TPSA) is 72.2 Å². The molecule has 2 aromatic heterocycles. The lowest BCUT2D eigenvalue weighted by molar-refractivity contribution is 0.102. The molecule has 6 nitrogen and oxygen atoms in total. The fourth-order valence-corrected chi connectivity index (χ4v) is 3.10. The summed E-state index contributed by atoms with van der Waals surface area (Å²) in [4.78, 5) is 12.9. The Labute approximate surface area is 140 Å². The molecule has 114 valence electrons. The molecule has 0 fully saturated rings. The van der Waals surface area contributed by atoms with E-state index in [1.807, 2.05) is 13.8 Å². The highest BCUT2D eigenvalue weighted by Crippen LogP contribution is 2.30. The van der Waals surface area contributed by atoms with Gasteiger partial charge in [0, 0.05) is 5.92 Å². The van der Waals surface area contributed by atoms with E-state index < -0.39 is 0 Å². The molecular weight excluding hydrogens is 345 g/mol. The van der Waals surface area contributed by atoms with Gasteiger partial charge in [0.25, 0.3) is 5.91 Å². The first-order valence-electron chi connectivity index (χ1n) is 6.45. The second kappa shape index (κ2) is 5.83. The molecular formula is C13H11Cl2N5OS. The SMILES string of the molecule is CC(C)c1nnc2sc(C(=O)Nc3c(Cl)cccc3Cl)nn12. The number of nitrogens with zero attached hydrogens (tertiary/aromatic N) is 4. The van der Waals surface area contributed by atoms with Crippen molar-refractivity contribution in [2.75, 3.05) is 5.32 Å². The summed E-state index contributed by atoms with van der Waals surface area (Å²) in [5.74, 6) is 0.479. The number of hydrogen-bond donors (Lipinski definition) is 1. The van der Waals surface area contributed by atoms with Crippen LogP contribution in [0.1, 0.15) is 35.4 Å². The molecule has 0 unspecified atom stereocenters. The van der Waals surface area contributed by atoms with Gasteiger partial charge in [-0.25, -0.2) is 0 Å². The Morgan fingerprint density at radius 1 is 1.27 bits per heavy atom. The normalized spacial score (nSPS) is 11.3. The monoisotopic (exact) mass is 355 g/mol. The minimum atomic E-state index is -0.389. The average Bonchev–Trinajstić information content (AvgIpc) is 3.02. The van der Waals surface area contributed by atoms with Gasteiger partial charge in [0.1, 0.15) is 0 Å². The van der Waals surface area contributed by atoms with Crippen molar-refractivity contribution in [3.05, 3.63) is 39.1 Å². The van der Waals surface area contributed by atoms with Gasteiger partial charge in [-0.2, -0.15) is 4.52 Å². The van der Waals surface area contributed by atoms with Crippen LogP contribution in [0.2, 0.25) is 10.0 Å². The van der Waals surface area contributed by atoms with Gasteiger partial charge >= 0.3 is 0 Å². The van der Waals surface area contributed by atoms with E-state index in [1.54, 1.807) is 22.7 Å². The van der Waals surface area contributed by atoms with Gasteiger partial charge in [0.15, 0.2) is 5.82 Å².